The number of anilines is 1. The Labute approximate surface area is 107 Å². The zero-order valence-corrected chi connectivity index (χ0v) is 10.7. The summed E-state index contributed by atoms with van der Waals surface area (Å²) < 4.78 is 0. The molecule has 0 radical (unpaired) electrons. The van der Waals surface area contributed by atoms with Crippen LogP contribution in [0.4, 0.5) is 5.95 Å². The van der Waals surface area contributed by atoms with Gasteiger partial charge in [0.1, 0.15) is 0 Å². The third-order valence-corrected chi connectivity index (χ3v) is 3.34. The quantitative estimate of drug-likeness (QED) is 0.882. The summed E-state index contributed by atoms with van der Waals surface area (Å²) in [6.07, 6.45) is 6.84. The van der Waals surface area contributed by atoms with Crippen molar-refractivity contribution < 1.29 is 9.90 Å². The third-order valence-electron chi connectivity index (χ3n) is 3.34. The first-order chi connectivity index (χ1) is 8.65. The summed E-state index contributed by atoms with van der Waals surface area (Å²) in [6, 6.07) is 0. The summed E-state index contributed by atoms with van der Waals surface area (Å²) in [5.41, 5.74) is 1.05. The van der Waals surface area contributed by atoms with Crippen molar-refractivity contribution in [2.24, 2.45) is 5.92 Å². The Morgan fingerprint density at radius 3 is 2.89 bits per heavy atom. The van der Waals surface area contributed by atoms with Gasteiger partial charge in [0.25, 0.3) is 0 Å². The van der Waals surface area contributed by atoms with Crippen LogP contribution in [-0.4, -0.2) is 34.1 Å². The molecule has 2 rings (SSSR count). The maximum atomic E-state index is 10.6. The molecular formula is C13H19N3O2. The molecule has 5 nitrogen and oxygen atoms in total. The number of hydrogen-bond acceptors (Lipinski definition) is 4. The molecule has 1 fully saturated rings. The largest absolute Gasteiger partial charge is 0.481 e. The second kappa shape index (κ2) is 5.80. The molecule has 1 aliphatic heterocycles. The highest BCUT2D eigenvalue weighted by Gasteiger charge is 2.22. The van der Waals surface area contributed by atoms with Crippen LogP contribution < -0.4 is 4.90 Å². The van der Waals surface area contributed by atoms with Gasteiger partial charge in [-0.05, 0) is 37.7 Å². The SMILES string of the molecule is Cc1cnc(N2CCCC(CCC(=O)O)C2)nc1. The van der Waals surface area contributed by atoms with Crippen molar-refractivity contribution in [1.29, 1.82) is 0 Å². The molecule has 0 bridgehead atoms. The Hall–Kier alpha value is -1.65. The fourth-order valence-electron chi connectivity index (χ4n) is 2.36. The van der Waals surface area contributed by atoms with Crippen molar-refractivity contribution in [3.63, 3.8) is 0 Å². The van der Waals surface area contributed by atoms with Crippen LogP contribution in [0.3, 0.4) is 0 Å². The van der Waals surface area contributed by atoms with E-state index in [0.717, 1.165) is 43.9 Å². The van der Waals surface area contributed by atoms with E-state index in [-0.39, 0.29) is 6.42 Å². The number of hydrogen-bond donors (Lipinski definition) is 1. The van der Waals surface area contributed by atoms with Gasteiger partial charge in [-0.1, -0.05) is 0 Å². The molecule has 5 heteroatoms. The molecule has 1 unspecified atom stereocenters. The molecular weight excluding hydrogens is 230 g/mol. The van der Waals surface area contributed by atoms with Gasteiger partial charge in [-0.25, -0.2) is 9.97 Å². The molecule has 1 aromatic rings. The van der Waals surface area contributed by atoms with Crippen LogP contribution in [0.1, 0.15) is 31.2 Å². The fourth-order valence-corrected chi connectivity index (χ4v) is 2.36. The minimum absolute atomic E-state index is 0.257. The minimum atomic E-state index is -0.710. The van der Waals surface area contributed by atoms with Gasteiger partial charge in [0.2, 0.25) is 5.95 Å². The van der Waals surface area contributed by atoms with Gasteiger partial charge in [0, 0.05) is 31.9 Å². The van der Waals surface area contributed by atoms with Crippen LogP contribution in [0.25, 0.3) is 0 Å². The lowest BCUT2D eigenvalue weighted by molar-refractivity contribution is -0.137. The van der Waals surface area contributed by atoms with Crippen molar-refractivity contribution >= 4 is 11.9 Å². The first-order valence-corrected chi connectivity index (χ1v) is 6.40. The van der Waals surface area contributed by atoms with Gasteiger partial charge >= 0.3 is 5.97 Å². The Morgan fingerprint density at radius 1 is 1.50 bits per heavy atom. The lowest BCUT2D eigenvalue weighted by atomic mass is 9.93. The first kappa shape index (κ1) is 12.8. The zero-order chi connectivity index (χ0) is 13.0. The predicted molar refractivity (Wildman–Crippen MR) is 68.6 cm³/mol. The summed E-state index contributed by atoms with van der Waals surface area (Å²) in [4.78, 5) is 21.4. The van der Waals surface area contributed by atoms with Crippen molar-refractivity contribution in [3.05, 3.63) is 18.0 Å². The van der Waals surface area contributed by atoms with E-state index in [9.17, 15) is 4.79 Å². The molecule has 1 atom stereocenters. The van der Waals surface area contributed by atoms with E-state index >= 15 is 0 Å². The first-order valence-electron chi connectivity index (χ1n) is 6.40. The lowest BCUT2D eigenvalue weighted by Gasteiger charge is -2.32. The number of aromatic nitrogens is 2. The number of carbonyl (C=O) groups is 1. The van der Waals surface area contributed by atoms with Crippen molar-refractivity contribution in [3.8, 4) is 0 Å². The average molecular weight is 249 g/mol. The molecule has 0 aromatic carbocycles. The van der Waals surface area contributed by atoms with Crippen LogP contribution in [-0.2, 0) is 4.79 Å². The Kier molecular flexibility index (Phi) is 4.12. The molecule has 98 valence electrons. The molecule has 1 aromatic heterocycles. The number of aryl methyl sites for hydroxylation is 1. The van der Waals surface area contributed by atoms with Gasteiger partial charge in [-0.15, -0.1) is 0 Å². The number of piperidine rings is 1. The van der Waals surface area contributed by atoms with Crippen molar-refractivity contribution in [2.45, 2.75) is 32.6 Å². The second-order valence-corrected chi connectivity index (χ2v) is 4.95. The zero-order valence-electron chi connectivity index (χ0n) is 10.7. The normalized spacial score (nSPS) is 19.8. The number of nitrogens with zero attached hydrogens (tertiary/aromatic N) is 3. The van der Waals surface area contributed by atoms with Crippen LogP contribution in [0.5, 0.6) is 0 Å². The van der Waals surface area contributed by atoms with E-state index < -0.39 is 5.97 Å². The molecule has 2 heterocycles. The Bertz CT molecular complexity index is 405. The van der Waals surface area contributed by atoms with Crippen LogP contribution in [0, 0.1) is 12.8 Å². The fraction of sp³-hybridized carbons (Fsp3) is 0.615. The van der Waals surface area contributed by atoms with Crippen LogP contribution >= 0.6 is 0 Å². The number of rotatable bonds is 4. The summed E-state index contributed by atoms with van der Waals surface area (Å²) in [7, 11) is 0. The Morgan fingerprint density at radius 2 is 2.22 bits per heavy atom. The number of carboxylic acids is 1. The summed E-state index contributed by atoms with van der Waals surface area (Å²) in [6.45, 7) is 3.80. The van der Waals surface area contributed by atoms with Crippen molar-refractivity contribution in [2.75, 3.05) is 18.0 Å². The van der Waals surface area contributed by atoms with Crippen molar-refractivity contribution in [1.82, 2.24) is 9.97 Å². The smallest absolute Gasteiger partial charge is 0.303 e. The Balaban J connectivity index is 1.93. The summed E-state index contributed by atoms with van der Waals surface area (Å²) >= 11 is 0. The van der Waals surface area contributed by atoms with Crippen LogP contribution in [0.15, 0.2) is 12.4 Å². The third kappa shape index (κ3) is 3.42. The van der Waals surface area contributed by atoms with Gasteiger partial charge in [0.15, 0.2) is 0 Å². The maximum absolute atomic E-state index is 10.6. The molecule has 1 aliphatic rings. The number of carboxylic acid groups (broad SMARTS) is 1. The predicted octanol–water partition coefficient (Wildman–Crippen LogP) is 1.87. The molecule has 1 N–H and O–H groups in total. The van der Waals surface area contributed by atoms with Gasteiger partial charge in [-0.3, -0.25) is 4.79 Å². The molecule has 0 spiro atoms. The highest BCUT2D eigenvalue weighted by Crippen LogP contribution is 2.23. The highest BCUT2D eigenvalue weighted by atomic mass is 16.4. The van der Waals surface area contributed by atoms with Gasteiger partial charge < -0.3 is 10.0 Å². The lowest BCUT2D eigenvalue weighted by Crippen LogP contribution is -2.36. The van der Waals surface area contributed by atoms with E-state index in [1.807, 2.05) is 19.3 Å². The second-order valence-electron chi connectivity index (χ2n) is 4.95. The average Bonchev–Trinajstić information content (AvgIpc) is 2.37. The highest BCUT2D eigenvalue weighted by molar-refractivity contribution is 5.66. The maximum Gasteiger partial charge on any atom is 0.303 e. The summed E-state index contributed by atoms with van der Waals surface area (Å²) in [5.74, 6) is 0.499. The van der Waals surface area contributed by atoms with Gasteiger partial charge in [-0.2, -0.15) is 0 Å². The monoisotopic (exact) mass is 249 g/mol. The molecule has 18 heavy (non-hydrogen) atoms. The van der Waals surface area contributed by atoms with E-state index in [0.29, 0.717) is 5.92 Å². The van der Waals surface area contributed by atoms with E-state index in [1.165, 1.54) is 0 Å². The summed E-state index contributed by atoms with van der Waals surface area (Å²) in [5, 5.41) is 8.72. The standard InChI is InChI=1S/C13H19N3O2/c1-10-7-14-13(15-8-10)16-6-2-3-11(9-16)4-5-12(17)18/h7-8,11H,2-6,9H2,1H3,(H,17,18). The number of aliphatic carboxylic acids is 1. The minimum Gasteiger partial charge on any atom is -0.481 e. The molecule has 1 saturated heterocycles. The van der Waals surface area contributed by atoms with Crippen LogP contribution in [0.2, 0.25) is 0 Å². The molecule has 0 aliphatic carbocycles. The van der Waals surface area contributed by atoms with E-state index in [2.05, 4.69) is 14.9 Å². The van der Waals surface area contributed by atoms with Gasteiger partial charge in [0.05, 0.1) is 0 Å². The molecule has 0 amide bonds. The molecule has 0 saturated carbocycles. The van der Waals surface area contributed by atoms with E-state index in [4.69, 9.17) is 5.11 Å². The topological polar surface area (TPSA) is 66.3 Å². The van der Waals surface area contributed by atoms with E-state index in [1.54, 1.807) is 0 Å².